The summed E-state index contributed by atoms with van der Waals surface area (Å²) in [7, 11) is 0. The molecule has 2 atom stereocenters. The number of hydrogen-bond acceptors (Lipinski definition) is 3. The smallest absolute Gasteiger partial charge is 0.238 e. The first kappa shape index (κ1) is 15.3. The minimum Gasteiger partial charge on any atom is -0.328 e. The van der Waals surface area contributed by atoms with E-state index in [9.17, 15) is 4.79 Å². The highest BCUT2D eigenvalue weighted by Crippen LogP contribution is 2.19. The topological polar surface area (TPSA) is 58.4 Å². The summed E-state index contributed by atoms with van der Waals surface area (Å²) < 4.78 is 0. The second kappa shape index (κ2) is 7.07. The Balaban J connectivity index is 1.83. The molecule has 4 nitrogen and oxygen atoms in total. The van der Waals surface area contributed by atoms with Crippen molar-refractivity contribution >= 4 is 23.2 Å². The lowest BCUT2D eigenvalue weighted by molar-refractivity contribution is -0.117. The van der Waals surface area contributed by atoms with Gasteiger partial charge in [0.2, 0.25) is 5.91 Å². The summed E-state index contributed by atoms with van der Waals surface area (Å²) in [5.74, 6) is 0.504. The first-order valence-electron chi connectivity index (χ1n) is 7.08. The molecular formula is C15H22ClN3O. The molecule has 1 aliphatic heterocycles. The molecule has 0 aliphatic carbocycles. The van der Waals surface area contributed by atoms with Crippen LogP contribution < -0.4 is 11.1 Å². The first-order valence-corrected chi connectivity index (χ1v) is 7.46. The van der Waals surface area contributed by atoms with Crippen molar-refractivity contribution < 1.29 is 4.79 Å². The molecule has 1 aromatic rings. The van der Waals surface area contributed by atoms with Crippen LogP contribution in [0, 0.1) is 5.92 Å². The van der Waals surface area contributed by atoms with Gasteiger partial charge >= 0.3 is 0 Å². The third kappa shape index (κ3) is 4.47. The van der Waals surface area contributed by atoms with E-state index >= 15 is 0 Å². The quantitative estimate of drug-likeness (QED) is 0.896. The normalized spacial score (nSPS) is 21.4. The van der Waals surface area contributed by atoms with Gasteiger partial charge in [0.25, 0.3) is 0 Å². The lowest BCUT2D eigenvalue weighted by Crippen LogP contribution is -2.45. The summed E-state index contributed by atoms with van der Waals surface area (Å²) in [6, 6.07) is 7.34. The van der Waals surface area contributed by atoms with Crippen molar-refractivity contribution in [2.45, 2.75) is 25.8 Å². The summed E-state index contributed by atoms with van der Waals surface area (Å²) in [6.07, 6.45) is 2.27. The molecule has 0 bridgehead atoms. The zero-order chi connectivity index (χ0) is 14.5. The third-order valence-corrected chi connectivity index (χ3v) is 4.03. The SMILES string of the molecule is CC(N)C1CCCN(CC(=O)Nc2ccc(Cl)cc2)C1. The molecule has 1 amide bonds. The molecule has 20 heavy (non-hydrogen) atoms. The number of amides is 1. The van der Waals surface area contributed by atoms with Crippen molar-refractivity contribution in [1.82, 2.24) is 4.90 Å². The highest BCUT2D eigenvalue weighted by molar-refractivity contribution is 6.30. The van der Waals surface area contributed by atoms with Crippen LogP contribution in [0.3, 0.4) is 0 Å². The van der Waals surface area contributed by atoms with Crippen LogP contribution in [-0.4, -0.2) is 36.5 Å². The average Bonchev–Trinajstić information content (AvgIpc) is 2.41. The molecule has 1 aromatic carbocycles. The highest BCUT2D eigenvalue weighted by Gasteiger charge is 2.23. The van der Waals surface area contributed by atoms with E-state index in [0.29, 0.717) is 17.5 Å². The Kier molecular flexibility index (Phi) is 5.40. The standard InChI is InChI=1S/C15H22ClN3O/c1-11(17)12-3-2-8-19(9-12)10-15(20)18-14-6-4-13(16)5-7-14/h4-7,11-12H,2-3,8-10,17H2,1H3,(H,18,20). The van der Waals surface area contributed by atoms with Crippen molar-refractivity contribution in [3.63, 3.8) is 0 Å². The van der Waals surface area contributed by atoms with E-state index in [1.54, 1.807) is 24.3 Å². The number of nitrogens with two attached hydrogens (primary N) is 1. The predicted octanol–water partition coefficient (Wildman–Crippen LogP) is 2.34. The van der Waals surface area contributed by atoms with E-state index in [1.807, 2.05) is 6.92 Å². The largest absolute Gasteiger partial charge is 0.328 e. The van der Waals surface area contributed by atoms with Crippen LogP contribution in [-0.2, 0) is 4.79 Å². The number of carbonyl (C=O) groups excluding carboxylic acids is 1. The monoisotopic (exact) mass is 295 g/mol. The average molecular weight is 296 g/mol. The molecule has 0 saturated carbocycles. The van der Waals surface area contributed by atoms with Crippen LogP contribution in [0.25, 0.3) is 0 Å². The third-order valence-electron chi connectivity index (χ3n) is 3.78. The van der Waals surface area contributed by atoms with E-state index in [0.717, 1.165) is 31.6 Å². The van der Waals surface area contributed by atoms with E-state index in [4.69, 9.17) is 17.3 Å². The van der Waals surface area contributed by atoms with Crippen molar-refractivity contribution in [2.24, 2.45) is 11.7 Å². The van der Waals surface area contributed by atoms with Crippen molar-refractivity contribution in [2.75, 3.05) is 25.0 Å². The van der Waals surface area contributed by atoms with E-state index < -0.39 is 0 Å². The Bertz CT molecular complexity index is 447. The summed E-state index contributed by atoms with van der Waals surface area (Å²) in [5, 5.41) is 3.56. The Morgan fingerprint density at radius 2 is 2.20 bits per heavy atom. The van der Waals surface area contributed by atoms with Gasteiger partial charge < -0.3 is 11.1 Å². The number of halogens is 1. The maximum absolute atomic E-state index is 12.0. The van der Waals surface area contributed by atoms with Crippen molar-refractivity contribution in [3.05, 3.63) is 29.3 Å². The molecule has 1 aliphatic rings. The second-order valence-corrected chi connectivity index (χ2v) is 5.99. The van der Waals surface area contributed by atoms with Gasteiger partial charge in [-0.2, -0.15) is 0 Å². The van der Waals surface area contributed by atoms with Gasteiger partial charge in [0.15, 0.2) is 0 Å². The maximum Gasteiger partial charge on any atom is 0.238 e. The number of nitrogens with one attached hydrogen (secondary N) is 1. The first-order chi connectivity index (χ1) is 9.54. The highest BCUT2D eigenvalue weighted by atomic mass is 35.5. The summed E-state index contributed by atoms with van der Waals surface area (Å²) >= 11 is 5.82. The minimum absolute atomic E-state index is 0.0117. The number of nitrogens with zero attached hydrogens (tertiary/aromatic N) is 1. The van der Waals surface area contributed by atoms with Gasteiger partial charge in [-0.15, -0.1) is 0 Å². The second-order valence-electron chi connectivity index (χ2n) is 5.55. The number of rotatable bonds is 4. The Labute approximate surface area is 125 Å². The number of anilines is 1. The number of benzene rings is 1. The molecule has 1 saturated heterocycles. The zero-order valence-electron chi connectivity index (χ0n) is 11.8. The lowest BCUT2D eigenvalue weighted by Gasteiger charge is -2.34. The number of piperidine rings is 1. The Hall–Kier alpha value is -1.10. The molecule has 110 valence electrons. The number of hydrogen-bond donors (Lipinski definition) is 2. The summed E-state index contributed by atoms with van der Waals surface area (Å²) in [4.78, 5) is 14.2. The van der Waals surface area contributed by atoms with E-state index in [1.165, 1.54) is 0 Å². The molecule has 2 unspecified atom stereocenters. The maximum atomic E-state index is 12.0. The Morgan fingerprint density at radius 3 is 2.85 bits per heavy atom. The fourth-order valence-corrected chi connectivity index (χ4v) is 2.73. The summed E-state index contributed by atoms with van der Waals surface area (Å²) in [5.41, 5.74) is 6.74. The molecule has 0 spiro atoms. The fraction of sp³-hybridized carbons (Fsp3) is 0.533. The Morgan fingerprint density at radius 1 is 1.50 bits per heavy atom. The van der Waals surface area contributed by atoms with Gasteiger partial charge in [-0.3, -0.25) is 9.69 Å². The van der Waals surface area contributed by atoms with Crippen LogP contribution in [0.4, 0.5) is 5.69 Å². The van der Waals surface area contributed by atoms with Crippen LogP contribution in [0.5, 0.6) is 0 Å². The fourth-order valence-electron chi connectivity index (χ4n) is 2.60. The van der Waals surface area contributed by atoms with Gasteiger partial charge in [-0.1, -0.05) is 11.6 Å². The van der Waals surface area contributed by atoms with Crippen molar-refractivity contribution in [1.29, 1.82) is 0 Å². The molecule has 0 radical (unpaired) electrons. The van der Waals surface area contributed by atoms with Crippen LogP contribution in [0.15, 0.2) is 24.3 Å². The zero-order valence-corrected chi connectivity index (χ0v) is 12.6. The molecule has 3 N–H and O–H groups in total. The van der Waals surface area contributed by atoms with Crippen LogP contribution in [0.2, 0.25) is 5.02 Å². The van der Waals surface area contributed by atoms with Crippen LogP contribution in [0.1, 0.15) is 19.8 Å². The predicted molar refractivity (Wildman–Crippen MR) is 82.9 cm³/mol. The molecular weight excluding hydrogens is 274 g/mol. The van der Waals surface area contributed by atoms with E-state index in [2.05, 4.69) is 10.2 Å². The van der Waals surface area contributed by atoms with Gasteiger partial charge in [0, 0.05) is 23.3 Å². The van der Waals surface area contributed by atoms with E-state index in [-0.39, 0.29) is 11.9 Å². The number of likely N-dealkylation sites (tertiary alicyclic amines) is 1. The molecule has 0 aromatic heterocycles. The van der Waals surface area contributed by atoms with Gasteiger partial charge in [0.05, 0.1) is 6.54 Å². The summed E-state index contributed by atoms with van der Waals surface area (Å²) in [6.45, 7) is 4.34. The van der Waals surface area contributed by atoms with Gasteiger partial charge in [-0.05, 0) is 56.5 Å². The minimum atomic E-state index is 0.0117. The molecule has 2 rings (SSSR count). The molecule has 1 fully saturated rings. The van der Waals surface area contributed by atoms with Crippen molar-refractivity contribution in [3.8, 4) is 0 Å². The van der Waals surface area contributed by atoms with Gasteiger partial charge in [0.1, 0.15) is 0 Å². The van der Waals surface area contributed by atoms with Crippen LogP contribution >= 0.6 is 11.6 Å². The molecule has 5 heteroatoms. The number of carbonyl (C=O) groups is 1. The molecule has 1 heterocycles. The van der Waals surface area contributed by atoms with Gasteiger partial charge in [-0.25, -0.2) is 0 Å². The lowest BCUT2D eigenvalue weighted by atomic mass is 9.92.